The standard InChI is InChI=1S/C20H18O11/c21-8-4-11(24)14-13(5-8)30-18(7-1-2-9(22)10(23)3-7)19(16(14)27)31-20-17(28)15(26)12(25)6-29-20/h1-5,12,15,17,20-26,28H,6H2/t12-,15-,17+,20+/m0/s1. The monoisotopic (exact) mass is 434 g/mol. The Morgan fingerprint density at radius 1 is 0.903 bits per heavy atom. The highest BCUT2D eigenvalue weighted by atomic mass is 16.7. The highest BCUT2D eigenvalue weighted by molar-refractivity contribution is 5.88. The summed E-state index contributed by atoms with van der Waals surface area (Å²) >= 11 is 0. The highest BCUT2D eigenvalue weighted by Crippen LogP contribution is 2.39. The molecule has 11 nitrogen and oxygen atoms in total. The fourth-order valence-electron chi connectivity index (χ4n) is 3.23. The maximum atomic E-state index is 13.1. The molecule has 2 heterocycles. The molecule has 2 aromatic carbocycles. The van der Waals surface area contributed by atoms with E-state index in [0.717, 1.165) is 24.3 Å². The van der Waals surface area contributed by atoms with Crippen molar-refractivity contribution < 1.29 is 49.6 Å². The molecule has 1 aliphatic rings. The number of fused-ring (bicyclic) bond motifs is 1. The second-order valence-electron chi connectivity index (χ2n) is 7.00. The Labute approximate surface area is 173 Å². The molecule has 7 N–H and O–H groups in total. The summed E-state index contributed by atoms with van der Waals surface area (Å²) in [4.78, 5) is 13.1. The summed E-state index contributed by atoms with van der Waals surface area (Å²) in [7, 11) is 0. The number of aliphatic hydroxyl groups is 3. The zero-order chi connectivity index (χ0) is 22.4. The summed E-state index contributed by atoms with van der Waals surface area (Å²) in [5.41, 5.74) is -1.05. The first-order valence-electron chi connectivity index (χ1n) is 9.05. The molecule has 11 heteroatoms. The van der Waals surface area contributed by atoms with Crippen molar-refractivity contribution in [1.29, 1.82) is 0 Å². The maximum Gasteiger partial charge on any atom is 0.239 e. The van der Waals surface area contributed by atoms with E-state index < -0.39 is 59.6 Å². The number of hydrogen-bond donors (Lipinski definition) is 7. The van der Waals surface area contributed by atoms with Crippen LogP contribution < -0.4 is 10.2 Å². The van der Waals surface area contributed by atoms with Gasteiger partial charge in [-0.05, 0) is 18.2 Å². The van der Waals surface area contributed by atoms with Crippen molar-refractivity contribution in [3.8, 4) is 40.1 Å². The van der Waals surface area contributed by atoms with Crippen molar-refractivity contribution in [2.45, 2.75) is 24.6 Å². The first-order chi connectivity index (χ1) is 14.7. The second kappa shape index (κ2) is 7.63. The molecule has 4 rings (SSSR count). The van der Waals surface area contributed by atoms with Crippen molar-refractivity contribution in [2.24, 2.45) is 0 Å². The van der Waals surface area contributed by atoms with Gasteiger partial charge in [-0.3, -0.25) is 4.79 Å². The van der Waals surface area contributed by atoms with Crippen LogP contribution in [0.25, 0.3) is 22.3 Å². The van der Waals surface area contributed by atoms with Crippen LogP contribution in [0.4, 0.5) is 0 Å². The lowest BCUT2D eigenvalue weighted by Gasteiger charge is -2.34. The van der Waals surface area contributed by atoms with E-state index in [0.29, 0.717) is 0 Å². The van der Waals surface area contributed by atoms with Crippen LogP contribution in [0.5, 0.6) is 28.7 Å². The number of ether oxygens (including phenoxy) is 2. The fourth-order valence-corrected chi connectivity index (χ4v) is 3.23. The molecule has 31 heavy (non-hydrogen) atoms. The van der Waals surface area contributed by atoms with E-state index in [1.54, 1.807) is 0 Å². The minimum Gasteiger partial charge on any atom is -0.508 e. The van der Waals surface area contributed by atoms with E-state index in [4.69, 9.17) is 13.9 Å². The third kappa shape index (κ3) is 3.59. The molecule has 1 fully saturated rings. The van der Waals surface area contributed by atoms with Crippen LogP contribution in [0.1, 0.15) is 0 Å². The van der Waals surface area contributed by atoms with Gasteiger partial charge in [-0.1, -0.05) is 0 Å². The second-order valence-corrected chi connectivity index (χ2v) is 7.00. The van der Waals surface area contributed by atoms with E-state index in [1.165, 1.54) is 6.07 Å². The molecule has 0 aliphatic carbocycles. The number of phenolic OH excluding ortho intramolecular Hbond substituents is 4. The van der Waals surface area contributed by atoms with Crippen LogP contribution in [0.15, 0.2) is 39.5 Å². The lowest BCUT2D eigenvalue weighted by molar-refractivity contribution is -0.242. The summed E-state index contributed by atoms with van der Waals surface area (Å²) < 4.78 is 16.3. The molecule has 3 aromatic rings. The van der Waals surface area contributed by atoms with Crippen molar-refractivity contribution in [2.75, 3.05) is 6.61 Å². The number of rotatable bonds is 3. The highest BCUT2D eigenvalue weighted by Gasteiger charge is 2.40. The van der Waals surface area contributed by atoms with Crippen molar-refractivity contribution in [1.82, 2.24) is 0 Å². The Morgan fingerprint density at radius 2 is 1.65 bits per heavy atom. The molecule has 1 aliphatic heterocycles. The molecule has 0 unspecified atom stereocenters. The van der Waals surface area contributed by atoms with Gasteiger partial charge in [-0.2, -0.15) is 0 Å². The lowest BCUT2D eigenvalue weighted by Crippen LogP contribution is -2.55. The van der Waals surface area contributed by atoms with Gasteiger partial charge in [0.15, 0.2) is 17.3 Å². The average Bonchev–Trinajstić information content (AvgIpc) is 2.71. The van der Waals surface area contributed by atoms with E-state index in [-0.39, 0.29) is 28.0 Å². The van der Waals surface area contributed by atoms with Crippen LogP contribution in [-0.2, 0) is 4.74 Å². The molecule has 1 saturated heterocycles. The Kier molecular flexibility index (Phi) is 5.11. The molecular weight excluding hydrogens is 416 g/mol. The summed E-state index contributed by atoms with van der Waals surface area (Å²) in [6, 6.07) is 5.50. The number of aliphatic hydroxyl groups excluding tert-OH is 3. The van der Waals surface area contributed by atoms with Gasteiger partial charge >= 0.3 is 0 Å². The molecule has 164 valence electrons. The van der Waals surface area contributed by atoms with E-state index in [1.807, 2.05) is 0 Å². The summed E-state index contributed by atoms with van der Waals surface area (Å²) in [6.45, 7) is -0.393. The molecule has 0 amide bonds. The number of phenols is 4. The van der Waals surface area contributed by atoms with Gasteiger partial charge in [0.2, 0.25) is 17.5 Å². The van der Waals surface area contributed by atoms with Gasteiger partial charge in [-0.25, -0.2) is 0 Å². The number of benzene rings is 2. The maximum absolute atomic E-state index is 13.1. The van der Waals surface area contributed by atoms with Crippen molar-refractivity contribution in [3.05, 3.63) is 40.6 Å². The molecule has 0 radical (unpaired) electrons. The van der Waals surface area contributed by atoms with E-state index >= 15 is 0 Å². The average molecular weight is 434 g/mol. The molecule has 1 aromatic heterocycles. The topological polar surface area (TPSA) is 190 Å². The molecule has 0 spiro atoms. The first-order valence-corrected chi connectivity index (χ1v) is 9.05. The summed E-state index contributed by atoms with van der Waals surface area (Å²) in [6.07, 6.45) is -6.29. The predicted molar refractivity (Wildman–Crippen MR) is 103 cm³/mol. The van der Waals surface area contributed by atoms with Crippen molar-refractivity contribution in [3.63, 3.8) is 0 Å². The van der Waals surface area contributed by atoms with E-state index in [9.17, 15) is 40.5 Å². The number of aromatic hydroxyl groups is 4. The third-order valence-electron chi connectivity index (χ3n) is 4.84. The van der Waals surface area contributed by atoms with Crippen molar-refractivity contribution >= 4 is 11.0 Å². The minimum absolute atomic E-state index is 0.0676. The Bertz CT molecular complexity index is 1200. The fraction of sp³-hybridized carbons (Fsp3) is 0.250. The van der Waals surface area contributed by atoms with Crippen LogP contribution in [-0.4, -0.2) is 67.0 Å². The molecular formula is C20H18O11. The van der Waals surface area contributed by atoms with Gasteiger partial charge in [0.1, 0.15) is 40.8 Å². The van der Waals surface area contributed by atoms with Crippen LogP contribution in [0, 0.1) is 0 Å². The van der Waals surface area contributed by atoms with Gasteiger partial charge in [0, 0.05) is 17.7 Å². The molecule has 4 atom stereocenters. The third-order valence-corrected chi connectivity index (χ3v) is 4.84. The number of hydrogen-bond acceptors (Lipinski definition) is 11. The summed E-state index contributed by atoms with van der Waals surface area (Å²) in [5.74, 6) is -2.79. The Balaban J connectivity index is 1.92. The Morgan fingerprint density at radius 3 is 2.35 bits per heavy atom. The first kappa shape index (κ1) is 20.8. The quantitative estimate of drug-likeness (QED) is 0.277. The van der Waals surface area contributed by atoms with Gasteiger partial charge in [0.05, 0.1) is 6.61 Å². The van der Waals surface area contributed by atoms with Crippen LogP contribution >= 0.6 is 0 Å². The van der Waals surface area contributed by atoms with Gasteiger partial charge in [-0.15, -0.1) is 0 Å². The van der Waals surface area contributed by atoms with E-state index in [2.05, 4.69) is 0 Å². The minimum atomic E-state index is -1.73. The van der Waals surface area contributed by atoms with Crippen LogP contribution in [0.2, 0.25) is 0 Å². The lowest BCUT2D eigenvalue weighted by atomic mass is 10.1. The van der Waals surface area contributed by atoms with Crippen LogP contribution in [0.3, 0.4) is 0 Å². The van der Waals surface area contributed by atoms with Gasteiger partial charge < -0.3 is 49.6 Å². The predicted octanol–water partition coefficient (Wildman–Crippen LogP) is 0.100. The largest absolute Gasteiger partial charge is 0.508 e. The summed E-state index contributed by atoms with van der Waals surface area (Å²) in [5, 5.41) is 68.6. The zero-order valence-corrected chi connectivity index (χ0v) is 15.7. The normalized spacial score (nSPS) is 23.7. The molecule has 0 bridgehead atoms. The zero-order valence-electron chi connectivity index (χ0n) is 15.7. The molecule has 0 saturated carbocycles. The smallest absolute Gasteiger partial charge is 0.239 e. The Hall–Kier alpha value is -3.51. The van der Waals surface area contributed by atoms with Gasteiger partial charge in [0.25, 0.3) is 0 Å². The SMILES string of the molecule is O=c1c(O[C@H]2OC[C@H](O)[C@H](O)[C@H]2O)c(-c2ccc(O)c(O)c2)oc2cc(O)cc(O)c12.